The fourth-order valence-corrected chi connectivity index (χ4v) is 1.60. The van der Waals surface area contributed by atoms with Crippen molar-refractivity contribution in [2.45, 2.75) is 0 Å². The summed E-state index contributed by atoms with van der Waals surface area (Å²) in [6.45, 7) is 0. The monoisotopic (exact) mass is 267 g/mol. The average molecular weight is 268 g/mol. The Kier molecular flexibility index (Phi) is 2.51. The van der Waals surface area contributed by atoms with Crippen molar-refractivity contribution in [3.8, 4) is 5.69 Å². The minimum atomic E-state index is -0.524. The fraction of sp³-hybridized carbons (Fsp3) is 0. The Bertz CT molecular complexity index is 495. The van der Waals surface area contributed by atoms with Gasteiger partial charge in [0.1, 0.15) is 4.47 Å². The van der Waals surface area contributed by atoms with Crippen molar-refractivity contribution in [3.05, 3.63) is 51.1 Å². The van der Waals surface area contributed by atoms with Crippen molar-refractivity contribution < 1.29 is 4.92 Å². The van der Waals surface area contributed by atoms with Crippen LogP contribution in [0.1, 0.15) is 0 Å². The highest BCUT2D eigenvalue weighted by atomic mass is 79.9. The normalized spacial score (nSPS) is 10.2. The Morgan fingerprint density at radius 2 is 2.00 bits per heavy atom. The first kappa shape index (κ1) is 9.85. The smallest absolute Gasteiger partial charge is 0.358 e. The SMILES string of the molecule is O=[N+]([O-])c1nn(-c2ccccc2)cc1Br. The Labute approximate surface area is 93.6 Å². The van der Waals surface area contributed by atoms with Gasteiger partial charge in [-0.3, -0.25) is 0 Å². The third kappa shape index (κ3) is 1.89. The van der Waals surface area contributed by atoms with E-state index in [-0.39, 0.29) is 5.82 Å². The summed E-state index contributed by atoms with van der Waals surface area (Å²) in [4.78, 5) is 10.0. The van der Waals surface area contributed by atoms with Gasteiger partial charge in [0.05, 0.1) is 17.0 Å². The Morgan fingerprint density at radius 1 is 1.33 bits per heavy atom. The van der Waals surface area contributed by atoms with Crippen LogP contribution in [0.25, 0.3) is 5.69 Å². The number of nitro groups is 1. The Balaban J connectivity index is 2.48. The van der Waals surface area contributed by atoms with Crippen molar-refractivity contribution in [1.82, 2.24) is 9.78 Å². The number of hydrogen-bond donors (Lipinski definition) is 0. The molecule has 0 radical (unpaired) electrons. The van der Waals surface area contributed by atoms with E-state index in [1.807, 2.05) is 30.3 Å². The van der Waals surface area contributed by atoms with Gasteiger partial charge in [0, 0.05) is 0 Å². The van der Waals surface area contributed by atoms with Crippen LogP contribution >= 0.6 is 15.9 Å². The lowest BCUT2D eigenvalue weighted by atomic mass is 10.3. The second-order valence-corrected chi connectivity index (χ2v) is 3.69. The lowest BCUT2D eigenvalue weighted by Gasteiger charge is -1.93. The molecule has 1 heterocycles. The van der Waals surface area contributed by atoms with Gasteiger partial charge < -0.3 is 10.1 Å². The third-order valence-electron chi connectivity index (χ3n) is 1.85. The molecule has 76 valence electrons. The predicted octanol–water partition coefficient (Wildman–Crippen LogP) is 2.54. The molecule has 2 rings (SSSR count). The van der Waals surface area contributed by atoms with Gasteiger partial charge in [0.2, 0.25) is 0 Å². The molecule has 0 spiro atoms. The molecule has 6 heteroatoms. The summed E-state index contributed by atoms with van der Waals surface area (Å²) in [7, 11) is 0. The van der Waals surface area contributed by atoms with E-state index in [9.17, 15) is 10.1 Å². The first-order valence-corrected chi connectivity index (χ1v) is 4.93. The van der Waals surface area contributed by atoms with Gasteiger partial charge in [-0.25, -0.2) is 0 Å². The van der Waals surface area contributed by atoms with E-state index in [4.69, 9.17) is 0 Å². The van der Waals surface area contributed by atoms with Gasteiger partial charge in [0.25, 0.3) is 0 Å². The van der Waals surface area contributed by atoms with Crippen LogP contribution in [0.5, 0.6) is 0 Å². The van der Waals surface area contributed by atoms with E-state index in [0.717, 1.165) is 5.69 Å². The largest absolute Gasteiger partial charge is 0.404 e. The van der Waals surface area contributed by atoms with E-state index < -0.39 is 4.92 Å². The summed E-state index contributed by atoms with van der Waals surface area (Å²) in [5, 5.41) is 14.4. The van der Waals surface area contributed by atoms with E-state index in [1.54, 1.807) is 6.20 Å². The topological polar surface area (TPSA) is 61.0 Å². The van der Waals surface area contributed by atoms with Crippen LogP contribution in [-0.4, -0.2) is 14.7 Å². The minimum absolute atomic E-state index is 0.182. The lowest BCUT2D eigenvalue weighted by molar-refractivity contribution is -0.390. The van der Waals surface area contributed by atoms with Crippen LogP contribution in [-0.2, 0) is 0 Å². The molecule has 1 aromatic heterocycles. The van der Waals surface area contributed by atoms with Crippen LogP contribution in [0.15, 0.2) is 41.0 Å². The van der Waals surface area contributed by atoms with Crippen LogP contribution in [0, 0.1) is 10.1 Å². The second kappa shape index (κ2) is 3.82. The molecule has 0 fully saturated rings. The molecule has 0 aliphatic carbocycles. The van der Waals surface area contributed by atoms with Crippen LogP contribution < -0.4 is 0 Å². The van der Waals surface area contributed by atoms with E-state index in [2.05, 4.69) is 21.0 Å². The summed E-state index contributed by atoms with van der Waals surface area (Å²) < 4.78 is 1.83. The average Bonchev–Trinajstić information content (AvgIpc) is 2.62. The number of para-hydroxylation sites is 1. The van der Waals surface area contributed by atoms with Crippen molar-refractivity contribution >= 4 is 21.7 Å². The quantitative estimate of drug-likeness (QED) is 0.621. The van der Waals surface area contributed by atoms with Gasteiger partial charge in [-0.05, 0) is 33.0 Å². The van der Waals surface area contributed by atoms with Gasteiger partial charge in [0.15, 0.2) is 0 Å². The maximum Gasteiger partial charge on any atom is 0.404 e. The summed E-state index contributed by atoms with van der Waals surface area (Å²) in [5.41, 5.74) is 0.784. The first-order valence-electron chi connectivity index (χ1n) is 4.13. The molecular formula is C9H6BrN3O2. The van der Waals surface area contributed by atoms with Crippen molar-refractivity contribution in [2.24, 2.45) is 0 Å². The summed E-state index contributed by atoms with van der Waals surface area (Å²) >= 11 is 3.09. The van der Waals surface area contributed by atoms with Gasteiger partial charge in [-0.2, -0.15) is 0 Å². The molecule has 0 saturated heterocycles. The highest BCUT2D eigenvalue weighted by Crippen LogP contribution is 2.23. The number of nitrogens with zero attached hydrogens (tertiary/aromatic N) is 3. The lowest BCUT2D eigenvalue weighted by Crippen LogP contribution is -1.95. The Hall–Kier alpha value is -1.69. The molecule has 0 aliphatic rings. The van der Waals surface area contributed by atoms with Gasteiger partial charge in [-0.1, -0.05) is 18.2 Å². The van der Waals surface area contributed by atoms with Gasteiger partial charge in [-0.15, -0.1) is 4.68 Å². The second-order valence-electron chi connectivity index (χ2n) is 2.84. The molecular weight excluding hydrogens is 262 g/mol. The number of hydrogen-bond acceptors (Lipinski definition) is 3. The van der Waals surface area contributed by atoms with Crippen molar-refractivity contribution in [1.29, 1.82) is 0 Å². The Morgan fingerprint density at radius 3 is 2.53 bits per heavy atom. The summed E-state index contributed by atoms with van der Waals surface area (Å²) in [5.74, 6) is -0.182. The maximum absolute atomic E-state index is 10.6. The highest BCUT2D eigenvalue weighted by molar-refractivity contribution is 9.10. The molecule has 0 aliphatic heterocycles. The molecule has 0 unspecified atom stereocenters. The van der Waals surface area contributed by atoms with Crippen molar-refractivity contribution in [3.63, 3.8) is 0 Å². The number of benzene rings is 1. The third-order valence-corrected chi connectivity index (χ3v) is 2.40. The summed E-state index contributed by atoms with van der Waals surface area (Å²) in [6, 6.07) is 9.20. The summed E-state index contributed by atoms with van der Waals surface area (Å²) in [6.07, 6.45) is 1.56. The molecule has 0 saturated carbocycles. The van der Waals surface area contributed by atoms with Gasteiger partial charge >= 0.3 is 5.82 Å². The standard InChI is InChI=1S/C9H6BrN3O2/c10-8-6-12(11-9(8)13(14)15)7-4-2-1-3-5-7/h1-6H. The number of aromatic nitrogens is 2. The minimum Gasteiger partial charge on any atom is -0.358 e. The van der Waals surface area contributed by atoms with E-state index in [1.165, 1.54) is 4.68 Å². The maximum atomic E-state index is 10.6. The molecule has 2 aromatic rings. The fourth-order valence-electron chi connectivity index (χ4n) is 1.18. The van der Waals surface area contributed by atoms with Crippen LogP contribution in [0.2, 0.25) is 0 Å². The zero-order valence-corrected chi connectivity index (χ0v) is 9.09. The molecule has 5 nitrogen and oxygen atoms in total. The highest BCUT2D eigenvalue weighted by Gasteiger charge is 2.18. The molecule has 0 N–H and O–H groups in total. The zero-order valence-electron chi connectivity index (χ0n) is 7.50. The van der Waals surface area contributed by atoms with Crippen LogP contribution in [0.3, 0.4) is 0 Å². The zero-order chi connectivity index (χ0) is 10.8. The molecule has 15 heavy (non-hydrogen) atoms. The molecule has 0 bridgehead atoms. The van der Waals surface area contributed by atoms with Crippen LogP contribution in [0.4, 0.5) is 5.82 Å². The van der Waals surface area contributed by atoms with E-state index in [0.29, 0.717) is 4.47 Å². The predicted molar refractivity (Wildman–Crippen MR) is 57.9 cm³/mol. The number of rotatable bonds is 2. The molecule has 0 amide bonds. The molecule has 1 aromatic carbocycles. The number of halogens is 1. The van der Waals surface area contributed by atoms with Crippen molar-refractivity contribution in [2.75, 3.05) is 0 Å². The first-order chi connectivity index (χ1) is 7.18. The van der Waals surface area contributed by atoms with E-state index >= 15 is 0 Å². The molecule has 0 atom stereocenters.